The number of aromatic nitrogens is 1. The first-order chi connectivity index (χ1) is 13.1. The third-order valence-electron chi connectivity index (χ3n) is 6.36. The maximum atomic E-state index is 13.2. The third-order valence-corrected chi connectivity index (χ3v) is 6.69. The molecular formula is C21H28ClN3O2. The van der Waals surface area contributed by atoms with Gasteiger partial charge in [-0.05, 0) is 62.9 Å². The molecule has 0 unspecified atom stereocenters. The van der Waals surface area contributed by atoms with Crippen LogP contribution < -0.4 is 0 Å². The van der Waals surface area contributed by atoms with Gasteiger partial charge in [-0.3, -0.25) is 9.69 Å². The van der Waals surface area contributed by atoms with Gasteiger partial charge in [0.15, 0.2) is 0 Å². The predicted molar refractivity (Wildman–Crippen MR) is 108 cm³/mol. The van der Waals surface area contributed by atoms with E-state index >= 15 is 0 Å². The Balaban J connectivity index is 1.49. The van der Waals surface area contributed by atoms with Gasteiger partial charge in [0.25, 0.3) is 5.91 Å². The highest BCUT2D eigenvalue weighted by atomic mass is 35.5. The van der Waals surface area contributed by atoms with Gasteiger partial charge in [0.05, 0.1) is 0 Å². The molecule has 2 aliphatic heterocycles. The zero-order chi connectivity index (χ0) is 19.0. The van der Waals surface area contributed by atoms with Gasteiger partial charge >= 0.3 is 0 Å². The number of aryl methyl sites for hydroxylation is 1. The largest absolute Gasteiger partial charge is 0.396 e. The number of piperidine rings is 2. The van der Waals surface area contributed by atoms with E-state index in [9.17, 15) is 9.90 Å². The van der Waals surface area contributed by atoms with Gasteiger partial charge in [0.2, 0.25) is 0 Å². The maximum absolute atomic E-state index is 13.2. The van der Waals surface area contributed by atoms with E-state index in [0.717, 1.165) is 62.8 Å². The first-order valence-corrected chi connectivity index (χ1v) is 10.3. The second kappa shape index (κ2) is 7.82. The molecule has 6 heteroatoms. The molecule has 5 nitrogen and oxygen atoms in total. The van der Waals surface area contributed by atoms with Crippen molar-refractivity contribution in [3.63, 3.8) is 0 Å². The van der Waals surface area contributed by atoms with Crippen molar-refractivity contribution in [1.82, 2.24) is 14.4 Å². The van der Waals surface area contributed by atoms with Crippen LogP contribution in [0.2, 0.25) is 5.02 Å². The predicted octanol–water partition coefficient (Wildman–Crippen LogP) is 3.14. The zero-order valence-electron chi connectivity index (χ0n) is 15.9. The molecule has 0 spiro atoms. The molecule has 3 heterocycles. The van der Waals surface area contributed by atoms with Gasteiger partial charge in [-0.15, -0.1) is 0 Å². The number of nitrogens with zero attached hydrogens (tertiary/aromatic N) is 3. The summed E-state index contributed by atoms with van der Waals surface area (Å²) in [5.41, 5.74) is 1.70. The smallest absolute Gasteiger partial charge is 0.270 e. The Hall–Kier alpha value is -1.56. The van der Waals surface area contributed by atoms with Crippen molar-refractivity contribution in [1.29, 1.82) is 0 Å². The topological polar surface area (TPSA) is 48.7 Å². The van der Waals surface area contributed by atoms with Crippen molar-refractivity contribution in [2.45, 2.75) is 31.7 Å². The van der Waals surface area contributed by atoms with Gasteiger partial charge < -0.3 is 14.6 Å². The van der Waals surface area contributed by atoms with Gasteiger partial charge in [-0.25, -0.2) is 0 Å². The van der Waals surface area contributed by atoms with Crippen LogP contribution in [-0.4, -0.2) is 64.2 Å². The fraction of sp³-hybridized carbons (Fsp3) is 0.571. The van der Waals surface area contributed by atoms with Gasteiger partial charge in [0, 0.05) is 48.7 Å². The monoisotopic (exact) mass is 389 g/mol. The fourth-order valence-electron chi connectivity index (χ4n) is 4.63. The molecule has 0 saturated carbocycles. The van der Waals surface area contributed by atoms with Crippen LogP contribution in [0.5, 0.6) is 0 Å². The Morgan fingerprint density at radius 3 is 2.70 bits per heavy atom. The quantitative estimate of drug-likeness (QED) is 0.877. The summed E-state index contributed by atoms with van der Waals surface area (Å²) in [6.07, 6.45) is 4.31. The van der Waals surface area contributed by atoms with E-state index < -0.39 is 0 Å². The molecule has 0 bridgehead atoms. The summed E-state index contributed by atoms with van der Waals surface area (Å²) >= 11 is 6.32. The summed E-state index contributed by atoms with van der Waals surface area (Å²) in [6.45, 7) is 3.96. The maximum Gasteiger partial charge on any atom is 0.270 e. The van der Waals surface area contributed by atoms with Crippen molar-refractivity contribution in [2.24, 2.45) is 13.0 Å². The number of likely N-dealkylation sites (tertiary alicyclic amines) is 2. The SMILES string of the molecule is Cn1c(C(=O)N2CCC[C@H](N3CCC(CO)CC3)C2)cc2c(Cl)cccc21. The molecule has 2 fully saturated rings. The van der Waals surface area contributed by atoms with E-state index in [1.807, 2.05) is 40.8 Å². The first-order valence-electron chi connectivity index (χ1n) is 9.96. The van der Waals surface area contributed by atoms with Crippen molar-refractivity contribution < 1.29 is 9.90 Å². The Kier molecular flexibility index (Phi) is 5.44. The molecule has 1 aromatic heterocycles. The summed E-state index contributed by atoms with van der Waals surface area (Å²) in [4.78, 5) is 17.8. The van der Waals surface area contributed by atoms with E-state index in [0.29, 0.717) is 29.3 Å². The first kappa shape index (κ1) is 18.8. The molecule has 2 aromatic rings. The van der Waals surface area contributed by atoms with Crippen LogP contribution in [0.4, 0.5) is 0 Å². The third kappa shape index (κ3) is 3.60. The molecule has 4 rings (SSSR count). The number of amides is 1. The van der Waals surface area contributed by atoms with Crippen molar-refractivity contribution in [3.8, 4) is 0 Å². The number of carbonyl (C=O) groups excluding carboxylic acids is 1. The highest BCUT2D eigenvalue weighted by Gasteiger charge is 2.31. The Morgan fingerprint density at radius 1 is 1.22 bits per heavy atom. The van der Waals surface area contributed by atoms with E-state index in [1.54, 1.807) is 0 Å². The van der Waals surface area contributed by atoms with Crippen LogP contribution in [0.3, 0.4) is 0 Å². The number of carbonyl (C=O) groups is 1. The lowest BCUT2D eigenvalue weighted by atomic mass is 9.94. The summed E-state index contributed by atoms with van der Waals surface area (Å²) in [7, 11) is 1.94. The fourth-order valence-corrected chi connectivity index (χ4v) is 4.85. The highest BCUT2D eigenvalue weighted by Crippen LogP contribution is 2.28. The molecule has 1 atom stereocenters. The second-order valence-corrected chi connectivity index (χ2v) is 8.38. The molecular weight excluding hydrogens is 362 g/mol. The van der Waals surface area contributed by atoms with E-state index in [1.165, 1.54) is 0 Å². The van der Waals surface area contributed by atoms with Crippen molar-refractivity contribution in [3.05, 3.63) is 35.0 Å². The Morgan fingerprint density at radius 2 is 2.00 bits per heavy atom. The van der Waals surface area contributed by atoms with E-state index in [-0.39, 0.29) is 5.91 Å². The highest BCUT2D eigenvalue weighted by molar-refractivity contribution is 6.35. The average molecular weight is 390 g/mol. The second-order valence-electron chi connectivity index (χ2n) is 7.97. The molecule has 0 radical (unpaired) electrons. The van der Waals surface area contributed by atoms with Gasteiger partial charge in [-0.2, -0.15) is 0 Å². The molecule has 1 amide bonds. The van der Waals surface area contributed by atoms with Crippen LogP contribution in [-0.2, 0) is 7.05 Å². The normalized spacial score (nSPS) is 22.5. The number of aliphatic hydroxyl groups excluding tert-OH is 1. The minimum absolute atomic E-state index is 0.0970. The number of halogens is 1. The van der Waals surface area contributed by atoms with Crippen molar-refractivity contribution in [2.75, 3.05) is 32.8 Å². The standard InChI is InChI=1S/C21H28ClN3O2/c1-23-19-6-2-5-18(22)17(19)12-20(23)21(27)25-9-3-4-16(13-25)24-10-7-15(14-26)8-11-24/h2,5-6,12,15-16,26H,3-4,7-11,13-14H2,1H3/t16-/m0/s1. The minimum Gasteiger partial charge on any atom is -0.396 e. The summed E-state index contributed by atoms with van der Waals surface area (Å²) < 4.78 is 1.96. The lowest BCUT2D eigenvalue weighted by Gasteiger charge is -2.42. The summed E-state index contributed by atoms with van der Waals surface area (Å²) in [5.74, 6) is 0.544. The number of benzene rings is 1. The molecule has 1 N–H and O–H groups in total. The molecule has 146 valence electrons. The number of hydrogen-bond donors (Lipinski definition) is 1. The molecule has 27 heavy (non-hydrogen) atoms. The van der Waals surface area contributed by atoms with Gasteiger partial charge in [-0.1, -0.05) is 17.7 Å². The van der Waals surface area contributed by atoms with E-state index in [4.69, 9.17) is 11.6 Å². The Labute approximate surface area is 165 Å². The summed E-state index contributed by atoms with van der Waals surface area (Å²) in [6, 6.07) is 8.15. The minimum atomic E-state index is 0.0970. The summed E-state index contributed by atoms with van der Waals surface area (Å²) in [5, 5.41) is 11.0. The van der Waals surface area contributed by atoms with Crippen LogP contribution in [0.25, 0.3) is 10.9 Å². The molecule has 2 saturated heterocycles. The lowest BCUT2D eigenvalue weighted by molar-refractivity contribution is 0.0440. The number of hydrogen-bond acceptors (Lipinski definition) is 3. The van der Waals surface area contributed by atoms with Crippen LogP contribution in [0.15, 0.2) is 24.3 Å². The molecule has 2 aliphatic rings. The molecule has 0 aliphatic carbocycles. The van der Waals surface area contributed by atoms with Crippen molar-refractivity contribution >= 4 is 28.4 Å². The number of rotatable bonds is 3. The van der Waals surface area contributed by atoms with Crippen LogP contribution in [0, 0.1) is 5.92 Å². The van der Waals surface area contributed by atoms with Gasteiger partial charge in [0.1, 0.15) is 5.69 Å². The average Bonchev–Trinajstić information content (AvgIpc) is 3.06. The molecule has 1 aromatic carbocycles. The lowest BCUT2D eigenvalue weighted by Crippen LogP contribution is -2.52. The Bertz CT molecular complexity index is 826. The van der Waals surface area contributed by atoms with Crippen LogP contribution >= 0.6 is 11.6 Å². The zero-order valence-corrected chi connectivity index (χ0v) is 16.7. The van der Waals surface area contributed by atoms with E-state index in [2.05, 4.69) is 4.90 Å². The number of aliphatic hydroxyl groups is 1. The van der Waals surface area contributed by atoms with Crippen LogP contribution in [0.1, 0.15) is 36.2 Å². The number of fused-ring (bicyclic) bond motifs is 1.